The molecule has 2 saturated carbocycles. The molecule has 2 bridgehead atoms. The maximum atomic E-state index is 6.19. The van der Waals surface area contributed by atoms with Crippen LogP contribution >= 0.6 is 0 Å². The van der Waals surface area contributed by atoms with Gasteiger partial charge < -0.3 is 10.5 Å². The van der Waals surface area contributed by atoms with Crippen LogP contribution in [-0.4, -0.2) is 43.3 Å². The molecule has 0 spiro atoms. The van der Waals surface area contributed by atoms with E-state index in [1.807, 2.05) is 7.11 Å². The maximum Gasteiger partial charge on any atom is 0.0698 e. The summed E-state index contributed by atoms with van der Waals surface area (Å²) in [6.45, 7) is 3.20. The molecule has 0 aromatic heterocycles. The van der Waals surface area contributed by atoms with E-state index in [2.05, 4.69) is 4.90 Å². The van der Waals surface area contributed by atoms with E-state index in [1.54, 1.807) is 0 Å². The highest BCUT2D eigenvalue weighted by atomic mass is 16.5. The van der Waals surface area contributed by atoms with Crippen molar-refractivity contribution in [3.05, 3.63) is 0 Å². The third-order valence-electron chi connectivity index (χ3n) is 5.64. The zero-order chi connectivity index (χ0) is 11.9. The number of ether oxygens (including phenoxy) is 1. The van der Waals surface area contributed by atoms with Crippen molar-refractivity contribution in [1.82, 2.24) is 4.90 Å². The van der Waals surface area contributed by atoms with Crippen molar-refractivity contribution in [2.75, 3.05) is 26.7 Å². The second-order valence-electron chi connectivity index (χ2n) is 6.33. The third kappa shape index (κ3) is 1.83. The summed E-state index contributed by atoms with van der Waals surface area (Å²) in [5.74, 6) is 1.83. The van der Waals surface area contributed by atoms with Crippen LogP contribution in [0.2, 0.25) is 0 Å². The van der Waals surface area contributed by atoms with Crippen molar-refractivity contribution >= 4 is 0 Å². The number of rotatable bonds is 3. The first-order valence-corrected chi connectivity index (χ1v) is 7.26. The van der Waals surface area contributed by atoms with Crippen LogP contribution in [0.3, 0.4) is 0 Å². The van der Waals surface area contributed by atoms with Crippen LogP contribution in [0.4, 0.5) is 0 Å². The van der Waals surface area contributed by atoms with Gasteiger partial charge in [0.1, 0.15) is 0 Å². The van der Waals surface area contributed by atoms with Crippen molar-refractivity contribution in [2.45, 2.75) is 50.2 Å². The van der Waals surface area contributed by atoms with E-state index < -0.39 is 0 Å². The number of hydrogen-bond acceptors (Lipinski definition) is 3. The van der Waals surface area contributed by atoms with E-state index in [1.165, 1.54) is 45.1 Å². The van der Waals surface area contributed by atoms with Gasteiger partial charge in [-0.3, -0.25) is 4.90 Å². The molecule has 0 radical (unpaired) electrons. The summed E-state index contributed by atoms with van der Waals surface area (Å²) in [6.07, 6.45) is 8.59. The number of hydrogen-bond donors (Lipinski definition) is 1. The van der Waals surface area contributed by atoms with Crippen molar-refractivity contribution < 1.29 is 4.74 Å². The molecule has 0 aromatic rings. The molecule has 3 fully saturated rings. The fraction of sp³-hybridized carbons (Fsp3) is 1.00. The van der Waals surface area contributed by atoms with Crippen LogP contribution in [0, 0.1) is 11.8 Å². The Morgan fingerprint density at radius 2 is 2.24 bits per heavy atom. The molecule has 3 nitrogen and oxygen atoms in total. The Labute approximate surface area is 105 Å². The Morgan fingerprint density at radius 1 is 1.35 bits per heavy atom. The Morgan fingerprint density at radius 3 is 2.82 bits per heavy atom. The van der Waals surface area contributed by atoms with Gasteiger partial charge in [0.05, 0.1) is 6.10 Å². The predicted molar refractivity (Wildman–Crippen MR) is 68.8 cm³/mol. The van der Waals surface area contributed by atoms with E-state index in [-0.39, 0.29) is 0 Å². The fourth-order valence-electron chi connectivity index (χ4n) is 4.72. The Bertz CT molecular complexity index is 283. The molecule has 3 rings (SSSR count). The van der Waals surface area contributed by atoms with Crippen LogP contribution in [0.5, 0.6) is 0 Å². The van der Waals surface area contributed by atoms with Gasteiger partial charge in [0.2, 0.25) is 0 Å². The van der Waals surface area contributed by atoms with E-state index in [0.717, 1.165) is 24.9 Å². The molecule has 3 aliphatic rings. The summed E-state index contributed by atoms with van der Waals surface area (Å²) in [5, 5.41) is 0. The second kappa shape index (κ2) is 4.52. The van der Waals surface area contributed by atoms with Crippen LogP contribution in [0.15, 0.2) is 0 Å². The topological polar surface area (TPSA) is 38.5 Å². The van der Waals surface area contributed by atoms with E-state index >= 15 is 0 Å². The second-order valence-corrected chi connectivity index (χ2v) is 6.33. The zero-order valence-corrected chi connectivity index (χ0v) is 11.0. The molecule has 1 aliphatic heterocycles. The van der Waals surface area contributed by atoms with Gasteiger partial charge in [-0.25, -0.2) is 0 Å². The molecular formula is C14H26N2O. The average molecular weight is 238 g/mol. The monoisotopic (exact) mass is 238 g/mol. The molecule has 1 heterocycles. The van der Waals surface area contributed by atoms with Gasteiger partial charge in [-0.2, -0.15) is 0 Å². The molecule has 0 aromatic carbocycles. The fourth-order valence-corrected chi connectivity index (χ4v) is 4.72. The van der Waals surface area contributed by atoms with Gasteiger partial charge in [-0.1, -0.05) is 6.42 Å². The number of nitrogens with zero attached hydrogens (tertiary/aromatic N) is 1. The molecule has 4 unspecified atom stereocenters. The van der Waals surface area contributed by atoms with Gasteiger partial charge in [-0.05, 0) is 50.5 Å². The summed E-state index contributed by atoms with van der Waals surface area (Å²) < 4.78 is 5.57. The molecule has 2 N–H and O–H groups in total. The van der Waals surface area contributed by atoms with Crippen LogP contribution < -0.4 is 5.73 Å². The van der Waals surface area contributed by atoms with Gasteiger partial charge in [-0.15, -0.1) is 0 Å². The molecule has 1 saturated heterocycles. The van der Waals surface area contributed by atoms with Crippen molar-refractivity contribution in [2.24, 2.45) is 17.6 Å². The van der Waals surface area contributed by atoms with Crippen molar-refractivity contribution in [3.8, 4) is 0 Å². The largest absolute Gasteiger partial charge is 0.380 e. The minimum atomic E-state index is 0.333. The van der Waals surface area contributed by atoms with Gasteiger partial charge in [0.25, 0.3) is 0 Å². The van der Waals surface area contributed by atoms with Gasteiger partial charge in [0, 0.05) is 25.7 Å². The maximum absolute atomic E-state index is 6.19. The normalized spacial score (nSPS) is 46.6. The number of nitrogens with two attached hydrogens (primary N) is 1. The first-order valence-electron chi connectivity index (χ1n) is 7.26. The SMILES string of the molecule is COC1CCCN(C2(CN)CC3CCC2C3)C1. The van der Waals surface area contributed by atoms with Crippen molar-refractivity contribution in [1.29, 1.82) is 0 Å². The summed E-state index contributed by atoms with van der Waals surface area (Å²) in [5.41, 5.74) is 6.52. The Balaban J connectivity index is 1.76. The van der Waals surface area contributed by atoms with E-state index in [9.17, 15) is 0 Å². The molecule has 3 heteroatoms. The van der Waals surface area contributed by atoms with Crippen LogP contribution in [0.25, 0.3) is 0 Å². The van der Waals surface area contributed by atoms with E-state index in [4.69, 9.17) is 10.5 Å². The van der Waals surface area contributed by atoms with Crippen LogP contribution in [0.1, 0.15) is 38.5 Å². The third-order valence-corrected chi connectivity index (χ3v) is 5.64. The Kier molecular flexibility index (Phi) is 3.18. The van der Waals surface area contributed by atoms with Gasteiger partial charge in [0.15, 0.2) is 0 Å². The minimum absolute atomic E-state index is 0.333. The number of likely N-dealkylation sites (tertiary alicyclic amines) is 1. The lowest BCUT2D eigenvalue weighted by atomic mass is 9.78. The first-order chi connectivity index (χ1) is 8.28. The smallest absolute Gasteiger partial charge is 0.0698 e. The van der Waals surface area contributed by atoms with Gasteiger partial charge >= 0.3 is 0 Å². The molecule has 98 valence electrons. The lowest BCUT2D eigenvalue weighted by Gasteiger charge is -2.49. The summed E-state index contributed by atoms with van der Waals surface area (Å²) in [7, 11) is 1.85. The molecule has 17 heavy (non-hydrogen) atoms. The summed E-state index contributed by atoms with van der Waals surface area (Å²) in [4.78, 5) is 2.69. The molecule has 2 aliphatic carbocycles. The zero-order valence-electron chi connectivity index (χ0n) is 11.0. The average Bonchev–Trinajstić information content (AvgIpc) is 2.99. The lowest BCUT2D eigenvalue weighted by Crippen LogP contribution is -2.60. The molecule has 4 atom stereocenters. The standard InChI is InChI=1S/C14H26N2O/c1-17-13-3-2-6-16(9-13)14(10-15)8-11-4-5-12(14)7-11/h11-13H,2-10,15H2,1H3. The molecule has 0 amide bonds. The minimum Gasteiger partial charge on any atom is -0.380 e. The summed E-state index contributed by atoms with van der Waals surface area (Å²) >= 11 is 0. The van der Waals surface area contributed by atoms with Crippen LogP contribution in [-0.2, 0) is 4.74 Å². The lowest BCUT2D eigenvalue weighted by molar-refractivity contribution is -0.0376. The number of fused-ring (bicyclic) bond motifs is 2. The van der Waals surface area contributed by atoms with E-state index in [0.29, 0.717) is 11.6 Å². The number of piperidine rings is 1. The Hall–Kier alpha value is -0.120. The first kappa shape index (κ1) is 11.9. The highest BCUT2D eigenvalue weighted by Gasteiger charge is 2.53. The highest BCUT2D eigenvalue weighted by molar-refractivity contribution is 5.09. The predicted octanol–water partition coefficient (Wildman–Crippen LogP) is 1.61. The molecular weight excluding hydrogens is 212 g/mol. The summed E-state index contributed by atoms with van der Waals surface area (Å²) in [6, 6.07) is 0. The quantitative estimate of drug-likeness (QED) is 0.812. The highest BCUT2D eigenvalue weighted by Crippen LogP contribution is 2.53. The number of methoxy groups -OCH3 is 1. The van der Waals surface area contributed by atoms with Crippen molar-refractivity contribution in [3.63, 3.8) is 0 Å².